The van der Waals surface area contributed by atoms with E-state index in [0.717, 1.165) is 29.8 Å². The summed E-state index contributed by atoms with van der Waals surface area (Å²) < 4.78 is 52.5. The van der Waals surface area contributed by atoms with Crippen LogP contribution in [0.2, 0.25) is 0 Å². The SMILES string of the molecule is CC(C)(C)C(C)(SCc1cccc(C(=O)Nc2ccc(F)cc2-c2cc(C(=O)NCc3cccc(C(F)(F)F)c3)ccn2)c1)C(=O)O. The first-order chi connectivity index (χ1) is 22.0. The zero-order chi connectivity index (χ0) is 34.6. The van der Waals surface area contributed by atoms with E-state index >= 15 is 0 Å². The van der Waals surface area contributed by atoms with E-state index in [2.05, 4.69) is 15.6 Å². The van der Waals surface area contributed by atoms with Gasteiger partial charge in [0.15, 0.2) is 0 Å². The molecule has 12 heteroatoms. The molecule has 4 aromatic rings. The number of benzene rings is 3. The molecule has 2 amide bonds. The lowest BCUT2D eigenvalue weighted by Gasteiger charge is -2.37. The topological polar surface area (TPSA) is 108 Å². The third-order valence-electron chi connectivity index (χ3n) is 7.79. The molecule has 0 aliphatic heterocycles. The fourth-order valence-corrected chi connectivity index (χ4v) is 5.71. The minimum atomic E-state index is -4.52. The summed E-state index contributed by atoms with van der Waals surface area (Å²) in [7, 11) is 0. The minimum absolute atomic E-state index is 0.123. The van der Waals surface area contributed by atoms with E-state index in [4.69, 9.17) is 0 Å². The van der Waals surface area contributed by atoms with Crippen LogP contribution >= 0.6 is 11.8 Å². The molecular formula is C35H33F4N3O4S. The maximum atomic E-state index is 14.4. The predicted molar refractivity (Wildman–Crippen MR) is 173 cm³/mol. The number of carbonyl (C=O) groups excluding carboxylic acids is 2. The molecule has 47 heavy (non-hydrogen) atoms. The number of amides is 2. The van der Waals surface area contributed by atoms with Gasteiger partial charge < -0.3 is 15.7 Å². The van der Waals surface area contributed by atoms with Gasteiger partial charge in [0.05, 0.1) is 16.9 Å². The van der Waals surface area contributed by atoms with E-state index in [0.29, 0.717) is 11.3 Å². The lowest BCUT2D eigenvalue weighted by Crippen LogP contribution is -2.44. The summed E-state index contributed by atoms with van der Waals surface area (Å²) in [6, 6.07) is 17.8. The van der Waals surface area contributed by atoms with E-state index in [1.807, 2.05) is 20.8 Å². The molecule has 7 nitrogen and oxygen atoms in total. The molecule has 4 rings (SSSR count). The molecule has 1 atom stereocenters. The Kier molecular flexibility index (Phi) is 10.4. The highest BCUT2D eigenvalue weighted by molar-refractivity contribution is 8.00. The summed E-state index contributed by atoms with van der Waals surface area (Å²) in [5.41, 5.74) is 0.631. The monoisotopic (exact) mass is 667 g/mol. The fraction of sp³-hybridized carbons (Fsp3) is 0.257. The number of nitrogens with one attached hydrogen (secondary N) is 2. The second kappa shape index (κ2) is 14.0. The van der Waals surface area contributed by atoms with Crippen LogP contribution in [-0.4, -0.2) is 32.6 Å². The molecule has 0 bridgehead atoms. The zero-order valence-electron chi connectivity index (χ0n) is 26.0. The first kappa shape index (κ1) is 35.1. The van der Waals surface area contributed by atoms with E-state index < -0.39 is 45.5 Å². The van der Waals surface area contributed by atoms with Crippen LogP contribution < -0.4 is 10.6 Å². The van der Waals surface area contributed by atoms with E-state index in [1.165, 1.54) is 48.3 Å². The number of rotatable bonds is 10. The van der Waals surface area contributed by atoms with Crippen molar-refractivity contribution in [3.05, 3.63) is 119 Å². The number of hydrogen-bond donors (Lipinski definition) is 3. The third kappa shape index (κ3) is 8.56. The van der Waals surface area contributed by atoms with Crippen LogP contribution in [0.1, 0.15) is 65.1 Å². The molecule has 246 valence electrons. The smallest absolute Gasteiger partial charge is 0.416 e. The molecule has 0 saturated carbocycles. The maximum absolute atomic E-state index is 14.4. The number of aliphatic carboxylic acids is 1. The highest BCUT2D eigenvalue weighted by Crippen LogP contribution is 2.43. The Labute approximate surface area is 273 Å². The van der Waals surface area contributed by atoms with Crippen LogP contribution in [0, 0.1) is 11.2 Å². The molecule has 0 spiro atoms. The Morgan fingerprint density at radius 3 is 2.19 bits per heavy atom. The molecule has 0 radical (unpaired) electrons. The Bertz CT molecular complexity index is 1810. The van der Waals surface area contributed by atoms with Crippen molar-refractivity contribution >= 4 is 35.2 Å². The normalized spacial score (nSPS) is 13.0. The highest BCUT2D eigenvalue weighted by Gasteiger charge is 2.45. The van der Waals surface area contributed by atoms with Gasteiger partial charge in [-0.25, -0.2) is 4.39 Å². The lowest BCUT2D eigenvalue weighted by atomic mass is 9.81. The van der Waals surface area contributed by atoms with Crippen LogP contribution in [0.4, 0.5) is 23.2 Å². The molecule has 3 aromatic carbocycles. The molecule has 0 aliphatic carbocycles. The van der Waals surface area contributed by atoms with E-state index in [1.54, 1.807) is 31.2 Å². The van der Waals surface area contributed by atoms with Gasteiger partial charge in [-0.15, -0.1) is 11.8 Å². The second-order valence-electron chi connectivity index (χ2n) is 12.0. The summed E-state index contributed by atoms with van der Waals surface area (Å²) in [6.07, 6.45) is -3.19. The number of anilines is 1. The first-order valence-electron chi connectivity index (χ1n) is 14.5. The number of hydrogen-bond acceptors (Lipinski definition) is 5. The Balaban J connectivity index is 1.51. The van der Waals surface area contributed by atoms with Gasteiger partial charge in [-0.1, -0.05) is 45.0 Å². The molecule has 1 unspecified atom stereocenters. The van der Waals surface area contributed by atoms with Crippen molar-refractivity contribution in [3.63, 3.8) is 0 Å². The van der Waals surface area contributed by atoms with Gasteiger partial charge in [-0.3, -0.25) is 19.4 Å². The molecule has 1 heterocycles. The predicted octanol–water partition coefficient (Wildman–Crippen LogP) is 8.21. The number of thioether (sulfide) groups is 1. The summed E-state index contributed by atoms with van der Waals surface area (Å²) >= 11 is 1.27. The van der Waals surface area contributed by atoms with Crippen LogP contribution in [0.5, 0.6) is 0 Å². The van der Waals surface area contributed by atoms with E-state index in [9.17, 15) is 37.1 Å². The molecule has 3 N–H and O–H groups in total. The van der Waals surface area contributed by atoms with Crippen molar-refractivity contribution < 1.29 is 37.1 Å². The minimum Gasteiger partial charge on any atom is -0.480 e. The Morgan fingerprint density at radius 2 is 1.51 bits per heavy atom. The molecular weight excluding hydrogens is 634 g/mol. The van der Waals surface area contributed by atoms with Gasteiger partial charge in [-0.2, -0.15) is 13.2 Å². The standard InChI is InChI=1S/C35H33F4N3O4S/c1-33(2,3)34(4,32(45)46)47-20-22-8-5-9-23(15-22)31(44)42-28-12-11-26(36)18-27(28)29-17-24(13-14-40-29)30(43)41-19-21-7-6-10-25(16-21)35(37,38)39/h5-18H,19-20H2,1-4H3,(H,41,43)(H,42,44)(H,45,46). The number of halogens is 4. The Hall–Kier alpha value is -4.71. The van der Waals surface area contributed by atoms with E-state index in [-0.39, 0.29) is 34.6 Å². The lowest BCUT2D eigenvalue weighted by molar-refractivity contribution is -0.142. The van der Waals surface area contributed by atoms with Crippen LogP contribution in [0.25, 0.3) is 11.3 Å². The van der Waals surface area contributed by atoms with Crippen LogP contribution in [-0.2, 0) is 23.3 Å². The number of pyridine rings is 1. The summed E-state index contributed by atoms with van der Waals surface area (Å²) in [5.74, 6) is -2.29. The van der Waals surface area contributed by atoms with Crippen molar-refractivity contribution in [3.8, 4) is 11.3 Å². The molecule has 1 aromatic heterocycles. The molecule has 0 fully saturated rings. The van der Waals surface area contributed by atoms with Crippen LogP contribution in [0.3, 0.4) is 0 Å². The van der Waals surface area contributed by atoms with Gasteiger partial charge in [0, 0.05) is 35.2 Å². The number of nitrogens with zero attached hydrogens (tertiary/aromatic N) is 1. The number of carboxylic acids is 1. The largest absolute Gasteiger partial charge is 0.480 e. The van der Waals surface area contributed by atoms with Crippen molar-refractivity contribution in [1.82, 2.24) is 10.3 Å². The quantitative estimate of drug-likeness (QED) is 0.147. The highest BCUT2D eigenvalue weighted by atomic mass is 32.2. The summed E-state index contributed by atoms with van der Waals surface area (Å²) in [5, 5.41) is 15.2. The number of carboxylic acid groups (broad SMARTS) is 1. The summed E-state index contributed by atoms with van der Waals surface area (Å²) in [6.45, 7) is 7.09. The number of carbonyl (C=O) groups is 3. The third-order valence-corrected chi connectivity index (χ3v) is 9.63. The number of alkyl halides is 3. The molecule has 0 aliphatic rings. The second-order valence-corrected chi connectivity index (χ2v) is 13.4. The first-order valence-corrected chi connectivity index (χ1v) is 15.4. The van der Waals surface area contributed by atoms with Crippen molar-refractivity contribution in [2.75, 3.05) is 5.32 Å². The van der Waals surface area contributed by atoms with Crippen LogP contribution in [0.15, 0.2) is 85.1 Å². The van der Waals surface area contributed by atoms with Crippen molar-refractivity contribution in [2.24, 2.45) is 5.41 Å². The number of aromatic nitrogens is 1. The fourth-order valence-electron chi connectivity index (χ4n) is 4.52. The average molecular weight is 668 g/mol. The van der Waals surface area contributed by atoms with Gasteiger partial charge in [0.1, 0.15) is 10.6 Å². The van der Waals surface area contributed by atoms with Gasteiger partial charge in [0.2, 0.25) is 0 Å². The van der Waals surface area contributed by atoms with Gasteiger partial charge in [-0.05, 0) is 78.1 Å². The van der Waals surface area contributed by atoms with Crippen molar-refractivity contribution in [1.29, 1.82) is 0 Å². The Morgan fingerprint density at radius 1 is 0.830 bits per heavy atom. The summed E-state index contributed by atoms with van der Waals surface area (Å²) in [4.78, 5) is 42.5. The van der Waals surface area contributed by atoms with Gasteiger partial charge >= 0.3 is 12.1 Å². The molecule has 0 saturated heterocycles. The zero-order valence-corrected chi connectivity index (χ0v) is 26.9. The van der Waals surface area contributed by atoms with Crippen molar-refractivity contribution in [2.45, 2.75) is 50.9 Å². The van der Waals surface area contributed by atoms with Gasteiger partial charge in [0.25, 0.3) is 11.8 Å². The average Bonchev–Trinajstić information content (AvgIpc) is 3.02. The maximum Gasteiger partial charge on any atom is 0.416 e.